The van der Waals surface area contributed by atoms with Crippen molar-refractivity contribution in [2.24, 2.45) is 5.73 Å². The second-order valence-electron chi connectivity index (χ2n) is 6.11. The highest BCUT2D eigenvalue weighted by Gasteiger charge is 2.14. The second kappa shape index (κ2) is 5.95. The Labute approximate surface area is 119 Å². The molecule has 0 aliphatic carbocycles. The zero-order valence-electron chi connectivity index (χ0n) is 12.3. The van der Waals surface area contributed by atoms with E-state index in [1.807, 2.05) is 18.2 Å². The Bertz CT molecular complexity index is 640. The zero-order valence-corrected chi connectivity index (χ0v) is 13.3. The van der Waals surface area contributed by atoms with Crippen LogP contribution in [0.15, 0.2) is 27.4 Å². The van der Waals surface area contributed by atoms with E-state index in [9.17, 15) is 4.79 Å². The molecule has 0 radical (unpaired) electrons. The first-order valence-electron chi connectivity index (χ1n) is 6.81. The molecule has 2 rings (SSSR count). The van der Waals surface area contributed by atoms with E-state index in [1.54, 1.807) is 0 Å². The first-order valence-corrected chi connectivity index (χ1v) is 10.5. The van der Waals surface area contributed by atoms with E-state index in [-0.39, 0.29) is 6.73 Å². The van der Waals surface area contributed by atoms with Gasteiger partial charge in [-0.3, -0.25) is 0 Å². The minimum Gasteiger partial charge on any atom is -0.407 e. The minimum absolute atomic E-state index is 0.227. The van der Waals surface area contributed by atoms with Crippen molar-refractivity contribution in [3.8, 4) is 0 Å². The number of para-hydroxylation sites is 1. The molecule has 0 saturated heterocycles. The molecule has 20 heavy (non-hydrogen) atoms. The van der Waals surface area contributed by atoms with Crippen molar-refractivity contribution in [1.29, 1.82) is 0 Å². The molecule has 0 aliphatic rings. The van der Waals surface area contributed by atoms with E-state index in [2.05, 4.69) is 19.6 Å². The molecule has 0 amide bonds. The predicted octanol–water partition coefficient (Wildman–Crippen LogP) is 2.37. The number of hydrogen-bond donors (Lipinski definition) is 1. The summed E-state index contributed by atoms with van der Waals surface area (Å²) in [6.07, 6.45) is 0. The van der Waals surface area contributed by atoms with Crippen LogP contribution in [0.5, 0.6) is 0 Å². The maximum absolute atomic E-state index is 11.9. The topological polar surface area (TPSA) is 70.4 Å². The van der Waals surface area contributed by atoms with Gasteiger partial charge in [-0.25, -0.2) is 9.36 Å². The largest absolute Gasteiger partial charge is 0.421 e. The number of aromatic nitrogens is 1. The lowest BCUT2D eigenvalue weighted by Crippen LogP contribution is -2.23. The van der Waals surface area contributed by atoms with E-state index in [4.69, 9.17) is 14.9 Å². The van der Waals surface area contributed by atoms with E-state index >= 15 is 0 Å². The van der Waals surface area contributed by atoms with Gasteiger partial charge in [0.1, 0.15) is 6.73 Å². The SMILES string of the molecule is C[Si](C)(C)CCOCn1c(=O)oc2c(CN)cccc21. The number of ether oxygens (including phenoxy) is 1. The van der Waals surface area contributed by atoms with Gasteiger partial charge in [-0.1, -0.05) is 31.8 Å². The van der Waals surface area contributed by atoms with Crippen molar-refractivity contribution in [1.82, 2.24) is 4.57 Å². The second-order valence-corrected chi connectivity index (χ2v) is 11.7. The predicted molar refractivity (Wildman–Crippen MR) is 82.5 cm³/mol. The van der Waals surface area contributed by atoms with E-state index in [0.717, 1.165) is 17.1 Å². The molecule has 1 aromatic heterocycles. The standard InChI is InChI=1S/C14H22N2O3Si/c1-20(2,3)8-7-18-10-16-12-6-4-5-11(9-15)13(12)19-14(16)17/h4-6H,7-10,15H2,1-3H3. The Morgan fingerprint density at radius 1 is 1.35 bits per heavy atom. The lowest BCUT2D eigenvalue weighted by atomic mass is 10.2. The van der Waals surface area contributed by atoms with Gasteiger partial charge in [-0.15, -0.1) is 0 Å². The van der Waals surface area contributed by atoms with Crippen molar-refractivity contribution in [3.63, 3.8) is 0 Å². The Morgan fingerprint density at radius 2 is 2.10 bits per heavy atom. The van der Waals surface area contributed by atoms with Gasteiger partial charge in [-0.2, -0.15) is 0 Å². The molecular formula is C14H22N2O3Si. The molecular weight excluding hydrogens is 272 g/mol. The molecule has 0 aliphatic heterocycles. The first kappa shape index (κ1) is 15.0. The molecule has 0 atom stereocenters. The number of hydrogen-bond acceptors (Lipinski definition) is 4. The third-order valence-corrected chi connectivity index (χ3v) is 4.92. The van der Waals surface area contributed by atoms with E-state index in [0.29, 0.717) is 18.7 Å². The molecule has 1 aromatic carbocycles. The highest BCUT2D eigenvalue weighted by atomic mass is 28.3. The van der Waals surface area contributed by atoms with Gasteiger partial charge in [0.05, 0.1) is 5.52 Å². The van der Waals surface area contributed by atoms with Gasteiger partial charge in [0, 0.05) is 26.8 Å². The molecule has 0 unspecified atom stereocenters. The lowest BCUT2D eigenvalue weighted by molar-refractivity contribution is 0.0850. The fraction of sp³-hybridized carbons (Fsp3) is 0.500. The zero-order chi connectivity index (χ0) is 14.8. The minimum atomic E-state index is -1.11. The molecule has 6 heteroatoms. The van der Waals surface area contributed by atoms with Crippen LogP contribution in [-0.4, -0.2) is 19.2 Å². The Morgan fingerprint density at radius 3 is 2.75 bits per heavy atom. The number of rotatable bonds is 6. The van der Waals surface area contributed by atoms with Crippen LogP contribution < -0.4 is 11.5 Å². The van der Waals surface area contributed by atoms with Crippen LogP contribution >= 0.6 is 0 Å². The molecule has 1 heterocycles. The summed E-state index contributed by atoms with van der Waals surface area (Å²) in [4.78, 5) is 11.9. The van der Waals surface area contributed by atoms with Crippen LogP contribution in [-0.2, 0) is 18.0 Å². The number of oxazole rings is 1. The molecule has 0 bridgehead atoms. The van der Waals surface area contributed by atoms with Crippen LogP contribution in [0.2, 0.25) is 25.7 Å². The van der Waals surface area contributed by atoms with Gasteiger partial charge in [-0.05, 0) is 12.1 Å². The maximum Gasteiger partial charge on any atom is 0.421 e. The average Bonchev–Trinajstić information content (AvgIpc) is 2.69. The van der Waals surface area contributed by atoms with E-state index in [1.165, 1.54) is 4.57 Å². The summed E-state index contributed by atoms with van der Waals surface area (Å²) in [5.74, 6) is -0.395. The summed E-state index contributed by atoms with van der Waals surface area (Å²) in [7, 11) is -1.11. The maximum atomic E-state index is 11.9. The summed E-state index contributed by atoms with van der Waals surface area (Å²) in [6, 6.07) is 6.66. The Hall–Kier alpha value is -1.37. The van der Waals surface area contributed by atoms with Crippen LogP contribution in [0, 0.1) is 0 Å². The smallest absolute Gasteiger partial charge is 0.407 e. The number of nitrogens with two attached hydrogens (primary N) is 1. The van der Waals surface area contributed by atoms with Crippen molar-refractivity contribution in [3.05, 3.63) is 34.3 Å². The van der Waals surface area contributed by atoms with Crippen LogP contribution in [0.1, 0.15) is 5.56 Å². The fourth-order valence-corrected chi connectivity index (χ4v) is 2.72. The van der Waals surface area contributed by atoms with Crippen LogP contribution in [0.25, 0.3) is 11.1 Å². The first-order chi connectivity index (χ1) is 9.42. The summed E-state index contributed by atoms with van der Waals surface area (Å²) in [5, 5.41) is 0. The normalized spacial score (nSPS) is 12.2. The number of fused-ring (bicyclic) bond motifs is 1. The molecule has 2 N–H and O–H groups in total. The number of nitrogens with zero attached hydrogens (tertiary/aromatic N) is 1. The molecule has 5 nitrogen and oxygen atoms in total. The lowest BCUT2D eigenvalue weighted by Gasteiger charge is -2.15. The van der Waals surface area contributed by atoms with Gasteiger partial charge in [0.15, 0.2) is 5.58 Å². The Kier molecular flexibility index (Phi) is 4.47. The molecule has 110 valence electrons. The summed E-state index contributed by atoms with van der Waals surface area (Å²) >= 11 is 0. The van der Waals surface area contributed by atoms with Crippen molar-refractivity contribution in [2.75, 3.05) is 6.61 Å². The summed E-state index contributed by atoms with van der Waals surface area (Å²) in [6.45, 7) is 8.13. The fourth-order valence-electron chi connectivity index (χ4n) is 1.96. The van der Waals surface area contributed by atoms with Crippen LogP contribution in [0.4, 0.5) is 0 Å². The van der Waals surface area contributed by atoms with Crippen molar-refractivity contribution < 1.29 is 9.15 Å². The third kappa shape index (κ3) is 3.39. The monoisotopic (exact) mass is 294 g/mol. The average molecular weight is 294 g/mol. The summed E-state index contributed by atoms with van der Waals surface area (Å²) in [5.41, 5.74) is 7.79. The quantitative estimate of drug-likeness (QED) is 0.656. The van der Waals surface area contributed by atoms with E-state index < -0.39 is 13.8 Å². The molecule has 2 aromatic rings. The highest BCUT2D eigenvalue weighted by molar-refractivity contribution is 6.76. The van der Waals surface area contributed by atoms with Crippen molar-refractivity contribution >= 4 is 19.2 Å². The molecule has 0 spiro atoms. The molecule has 0 saturated carbocycles. The van der Waals surface area contributed by atoms with Gasteiger partial charge in [0.25, 0.3) is 0 Å². The van der Waals surface area contributed by atoms with Crippen molar-refractivity contribution in [2.45, 2.75) is 39.0 Å². The summed E-state index contributed by atoms with van der Waals surface area (Å²) < 4.78 is 12.4. The highest BCUT2D eigenvalue weighted by Crippen LogP contribution is 2.17. The van der Waals surface area contributed by atoms with Gasteiger partial charge in [0.2, 0.25) is 0 Å². The molecule has 0 fully saturated rings. The Balaban J connectivity index is 2.14. The van der Waals surface area contributed by atoms with Gasteiger partial charge < -0.3 is 14.9 Å². The third-order valence-electron chi connectivity index (χ3n) is 3.21. The number of benzene rings is 1. The van der Waals surface area contributed by atoms with Crippen LogP contribution in [0.3, 0.4) is 0 Å². The van der Waals surface area contributed by atoms with Gasteiger partial charge >= 0.3 is 5.76 Å².